The van der Waals surface area contributed by atoms with Crippen molar-refractivity contribution in [1.29, 1.82) is 0 Å². The molecule has 1 atom stereocenters. The van der Waals surface area contributed by atoms with Gasteiger partial charge in [0.15, 0.2) is 0 Å². The minimum Gasteiger partial charge on any atom is -0.550 e. The van der Waals surface area contributed by atoms with Crippen LogP contribution in [0.25, 0.3) is 0 Å². The van der Waals surface area contributed by atoms with Gasteiger partial charge in [-0.05, 0) is 79.3 Å². The predicted molar refractivity (Wildman–Crippen MR) is 150 cm³/mol. The number of halogens is 2. The third kappa shape index (κ3) is 7.39. The second-order valence-corrected chi connectivity index (χ2v) is 12.3. The van der Waals surface area contributed by atoms with E-state index in [2.05, 4.69) is 26.1 Å². The van der Waals surface area contributed by atoms with E-state index in [-0.39, 0.29) is 76.5 Å². The Bertz CT molecular complexity index is 1300. The molecular weight excluding hydrogens is 556 g/mol. The van der Waals surface area contributed by atoms with Gasteiger partial charge in [0, 0.05) is 35.1 Å². The van der Waals surface area contributed by atoms with E-state index in [4.69, 9.17) is 16.6 Å². The molecule has 1 aliphatic heterocycles. The van der Waals surface area contributed by atoms with Crippen molar-refractivity contribution < 1.29 is 53.4 Å². The minimum atomic E-state index is -1.23. The molecule has 1 saturated carbocycles. The fourth-order valence-corrected chi connectivity index (χ4v) is 6.25. The molecule has 214 valence electrons. The number of benzene rings is 2. The Morgan fingerprint density at radius 1 is 1.17 bits per heavy atom. The van der Waals surface area contributed by atoms with Crippen LogP contribution in [0.3, 0.4) is 0 Å². The summed E-state index contributed by atoms with van der Waals surface area (Å²) in [4.78, 5) is 44.1. The topological polar surface area (TPSA) is 102 Å². The van der Waals surface area contributed by atoms with Crippen LogP contribution in [-0.4, -0.2) is 40.6 Å². The molecule has 1 aliphatic carbocycles. The summed E-state index contributed by atoms with van der Waals surface area (Å²) in [5, 5.41) is 13.4. The Labute approximate surface area is 268 Å². The van der Waals surface area contributed by atoms with E-state index in [9.17, 15) is 23.9 Å². The number of carboxylic acids is 1. The summed E-state index contributed by atoms with van der Waals surface area (Å²) >= 11 is 6.15. The number of rotatable bonds is 8. The van der Waals surface area contributed by atoms with Crippen LogP contribution in [0.4, 0.5) is 4.39 Å². The normalized spacial score (nSPS) is 21.3. The average molecular weight is 592 g/mol. The van der Waals surface area contributed by atoms with Gasteiger partial charge < -0.3 is 20.1 Å². The van der Waals surface area contributed by atoms with Gasteiger partial charge in [-0.1, -0.05) is 51.4 Å². The van der Waals surface area contributed by atoms with Crippen molar-refractivity contribution in [3.8, 4) is 0 Å². The molecule has 41 heavy (non-hydrogen) atoms. The number of aliphatic carboxylic acids is 1. The van der Waals surface area contributed by atoms with Crippen LogP contribution >= 0.6 is 11.6 Å². The van der Waals surface area contributed by atoms with Gasteiger partial charge in [0.2, 0.25) is 0 Å². The molecule has 10 heteroatoms. The number of nitrogens with zero attached hydrogens (tertiary/aromatic N) is 2. The zero-order valence-electron chi connectivity index (χ0n) is 24.4. The number of amides is 2. The van der Waals surface area contributed by atoms with Crippen LogP contribution in [-0.2, 0) is 9.59 Å². The number of carboxylic acid groups (broad SMARTS) is 1. The zero-order valence-corrected chi connectivity index (χ0v) is 27.2. The first-order valence-electron chi connectivity index (χ1n) is 13.8. The minimum absolute atomic E-state index is 0. The molecular formula is C31H36ClFN3NaO4. The maximum absolute atomic E-state index is 14.3. The fraction of sp³-hybridized carbons (Fsp3) is 0.484. The molecule has 0 unspecified atom stereocenters. The Morgan fingerprint density at radius 2 is 1.80 bits per heavy atom. The van der Waals surface area contributed by atoms with Gasteiger partial charge in [-0.15, -0.1) is 0 Å². The van der Waals surface area contributed by atoms with E-state index in [1.165, 1.54) is 12.1 Å². The van der Waals surface area contributed by atoms with E-state index in [1.807, 2.05) is 24.0 Å². The number of nitrogens with one attached hydrogen (secondary N) is 1. The quantitative estimate of drug-likeness (QED) is 0.475. The van der Waals surface area contributed by atoms with Crippen molar-refractivity contribution in [2.45, 2.75) is 77.9 Å². The summed E-state index contributed by atoms with van der Waals surface area (Å²) in [5.74, 6) is -1.91. The molecule has 0 saturated heterocycles. The summed E-state index contributed by atoms with van der Waals surface area (Å²) in [5.41, 5.74) is 1.21. The van der Waals surface area contributed by atoms with E-state index < -0.39 is 17.4 Å². The molecule has 4 rings (SSSR count). The fourth-order valence-electron chi connectivity index (χ4n) is 6.03. The van der Waals surface area contributed by atoms with Gasteiger partial charge in [-0.25, -0.2) is 4.39 Å². The number of hydrogen-bond acceptors (Lipinski definition) is 5. The van der Waals surface area contributed by atoms with Gasteiger partial charge >= 0.3 is 29.6 Å². The Hall–Kier alpha value is -2.26. The summed E-state index contributed by atoms with van der Waals surface area (Å²) < 4.78 is 14.3. The number of aliphatic imine (C=N–C) groups is 1. The maximum Gasteiger partial charge on any atom is 1.00 e. The number of carbonyl (C=O) groups is 3. The van der Waals surface area contributed by atoms with Crippen LogP contribution in [0.2, 0.25) is 5.02 Å². The molecule has 2 amide bonds. The van der Waals surface area contributed by atoms with Crippen LogP contribution in [0.5, 0.6) is 0 Å². The molecule has 1 spiro atoms. The van der Waals surface area contributed by atoms with E-state index in [0.717, 1.165) is 18.4 Å². The van der Waals surface area contributed by atoms with Gasteiger partial charge in [0.25, 0.3) is 11.8 Å². The largest absolute Gasteiger partial charge is 1.00 e. The van der Waals surface area contributed by atoms with Crippen molar-refractivity contribution >= 4 is 35.1 Å². The smallest absolute Gasteiger partial charge is 0.550 e. The van der Waals surface area contributed by atoms with E-state index in [1.54, 1.807) is 18.2 Å². The monoisotopic (exact) mass is 591 g/mol. The SMILES string of the molecule is CC[C@H](c1ccc(C(=O)NCCC(=O)[O-])cc1)N1C(=O)C(c2cc(F)cc(Cl)c2)=NC12CCC(C(C)(C)C)CC2.[Na+]. The molecule has 2 aromatic carbocycles. The van der Waals surface area contributed by atoms with E-state index >= 15 is 0 Å². The van der Waals surface area contributed by atoms with Crippen molar-refractivity contribution in [3.05, 3.63) is 70.0 Å². The van der Waals surface area contributed by atoms with E-state index in [0.29, 0.717) is 36.3 Å². The van der Waals surface area contributed by atoms with Crippen LogP contribution < -0.4 is 40.0 Å². The first-order chi connectivity index (χ1) is 18.8. The standard InChI is InChI=1S/C31H37ClFN3O4.Na/c1-5-25(19-6-8-20(9-7-19)28(39)34-15-12-26(37)38)36-29(40)27(21-16-23(32)18-24(33)17-21)35-31(36)13-10-22(11-14-31)30(2,3)4;/h6-9,16-18,22,25H,5,10-15H2,1-4H3,(H,34,39)(H,37,38);/q;+1/p-1/t22?,25-,31?;/m1./s1. The first kappa shape index (κ1) is 33.2. The van der Waals surface area contributed by atoms with Crippen LogP contribution in [0.1, 0.15) is 93.7 Å². The molecule has 7 nitrogen and oxygen atoms in total. The van der Waals surface area contributed by atoms with Gasteiger partial charge in [0.05, 0.1) is 6.04 Å². The third-order valence-corrected chi connectivity index (χ3v) is 8.43. The molecule has 1 fully saturated rings. The summed E-state index contributed by atoms with van der Waals surface area (Å²) in [6.45, 7) is 8.69. The van der Waals surface area contributed by atoms with Crippen molar-refractivity contribution in [3.63, 3.8) is 0 Å². The maximum atomic E-state index is 14.3. The van der Waals surface area contributed by atoms with Gasteiger partial charge in [-0.2, -0.15) is 0 Å². The van der Waals surface area contributed by atoms with Gasteiger partial charge in [-0.3, -0.25) is 14.6 Å². The molecule has 2 aromatic rings. The van der Waals surface area contributed by atoms with Crippen LogP contribution in [0, 0.1) is 17.2 Å². The predicted octanol–water partition coefficient (Wildman–Crippen LogP) is 2.07. The third-order valence-electron chi connectivity index (χ3n) is 8.21. The molecule has 0 bridgehead atoms. The van der Waals surface area contributed by atoms with Gasteiger partial charge in [0.1, 0.15) is 17.2 Å². The number of carbonyl (C=O) groups excluding carboxylic acids is 3. The number of hydrogen-bond donors (Lipinski definition) is 1. The summed E-state index contributed by atoms with van der Waals surface area (Å²) in [7, 11) is 0. The van der Waals surface area contributed by atoms with Crippen molar-refractivity contribution in [1.82, 2.24) is 10.2 Å². The Kier molecular flexibility index (Phi) is 10.8. The average Bonchev–Trinajstić information content (AvgIpc) is 3.15. The summed E-state index contributed by atoms with van der Waals surface area (Å²) in [6, 6.07) is 10.7. The second kappa shape index (κ2) is 13.4. The van der Waals surface area contributed by atoms with Crippen molar-refractivity contribution in [2.75, 3.05) is 6.54 Å². The Morgan fingerprint density at radius 3 is 2.34 bits per heavy atom. The first-order valence-corrected chi connectivity index (χ1v) is 14.2. The molecule has 0 aromatic heterocycles. The Balaban J connectivity index is 0.00000462. The second-order valence-electron chi connectivity index (χ2n) is 11.8. The summed E-state index contributed by atoms with van der Waals surface area (Å²) in [6.07, 6.45) is 3.56. The van der Waals surface area contributed by atoms with Crippen molar-refractivity contribution in [2.24, 2.45) is 16.3 Å². The zero-order chi connectivity index (χ0) is 29.2. The molecule has 2 aliphatic rings. The van der Waals surface area contributed by atoms with Crippen LogP contribution in [0.15, 0.2) is 47.5 Å². The molecule has 1 heterocycles. The molecule has 0 radical (unpaired) electrons. The molecule has 1 N–H and O–H groups in total.